The largest absolute Gasteiger partial charge is 0.384 e. The van der Waals surface area contributed by atoms with Crippen molar-refractivity contribution < 1.29 is 4.74 Å². The van der Waals surface area contributed by atoms with Gasteiger partial charge in [0, 0.05) is 24.6 Å². The van der Waals surface area contributed by atoms with Crippen LogP contribution in [-0.2, 0) is 10.2 Å². The standard InChI is InChI=1S/C14H24N4O/c1-14(2,3)13-17-11(15)7-12(18-13)16-8-10-5-4-6-19-9-10/h7,10H,4-6,8-9H2,1-3H3,(H3,15,16,17,18). The Hall–Kier alpha value is -1.36. The van der Waals surface area contributed by atoms with Crippen LogP contribution in [0.25, 0.3) is 0 Å². The molecule has 106 valence electrons. The fourth-order valence-corrected chi connectivity index (χ4v) is 2.11. The number of nitrogen functional groups attached to an aromatic ring is 1. The first-order valence-electron chi connectivity index (χ1n) is 6.92. The number of aromatic nitrogens is 2. The molecule has 0 spiro atoms. The molecule has 3 N–H and O–H groups in total. The number of hydrogen-bond acceptors (Lipinski definition) is 5. The number of rotatable bonds is 3. The van der Waals surface area contributed by atoms with Gasteiger partial charge in [-0.1, -0.05) is 20.8 Å². The lowest BCUT2D eigenvalue weighted by atomic mass is 9.96. The predicted molar refractivity (Wildman–Crippen MR) is 77.2 cm³/mol. The van der Waals surface area contributed by atoms with Crippen molar-refractivity contribution in [2.75, 3.05) is 30.8 Å². The quantitative estimate of drug-likeness (QED) is 0.875. The van der Waals surface area contributed by atoms with E-state index >= 15 is 0 Å². The third-order valence-electron chi connectivity index (χ3n) is 3.24. The maximum absolute atomic E-state index is 5.85. The molecule has 1 fully saturated rings. The SMILES string of the molecule is CC(C)(C)c1nc(N)cc(NCC2CCCOC2)n1. The van der Waals surface area contributed by atoms with Gasteiger partial charge in [-0.25, -0.2) is 9.97 Å². The molecule has 1 aromatic heterocycles. The van der Waals surface area contributed by atoms with Crippen LogP contribution in [0.4, 0.5) is 11.6 Å². The van der Waals surface area contributed by atoms with Gasteiger partial charge in [0.25, 0.3) is 0 Å². The Morgan fingerprint density at radius 1 is 1.42 bits per heavy atom. The number of anilines is 2. The summed E-state index contributed by atoms with van der Waals surface area (Å²) in [5, 5.41) is 3.36. The summed E-state index contributed by atoms with van der Waals surface area (Å²) >= 11 is 0. The minimum atomic E-state index is -0.0975. The Balaban J connectivity index is 2.01. The van der Waals surface area contributed by atoms with Crippen LogP contribution in [0.1, 0.15) is 39.4 Å². The van der Waals surface area contributed by atoms with Crippen LogP contribution in [0, 0.1) is 5.92 Å². The van der Waals surface area contributed by atoms with Crippen molar-refractivity contribution in [3.05, 3.63) is 11.9 Å². The number of nitrogens with zero attached hydrogens (tertiary/aromatic N) is 2. The summed E-state index contributed by atoms with van der Waals surface area (Å²) < 4.78 is 5.47. The van der Waals surface area contributed by atoms with Crippen LogP contribution in [0.15, 0.2) is 6.07 Å². The maximum atomic E-state index is 5.85. The van der Waals surface area contributed by atoms with Crippen molar-refractivity contribution in [2.24, 2.45) is 5.92 Å². The first-order chi connectivity index (χ1) is 8.95. The molecule has 0 radical (unpaired) electrons. The minimum absolute atomic E-state index is 0.0975. The van der Waals surface area contributed by atoms with Crippen molar-refractivity contribution in [2.45, 2.75) is 39.0 Å². The predicted octanol–water partition coefficient (Wildman–Crippen LogP) is 2.19. The lowest BCUT2D eigenvalue weighted by Crippen LogP contribution is -2.25. The maximum Gasteiger partial charge on any atom is 0.138 e. The summed E-state index contributed by atoms with van der Waals surface area (Å²) in [5.41, 5.74) is 5.75. The second kappa shape index (κ2) is 5.74. The van der Waals surface area contributed by atoms with Gasteiger partial charge in [0.05, 0.1) is 6.61 Å². The lowest BCUT2D eigenvalue weighted by molar-refractivity contribution is 0.0595. The van der Waals surface area contributed by atoms with E-state index in [1.54, 1.807) is 6.07 Å². The van der Waals surface area contributed by atoms with Gasteiger partial charge in [-0.05, 0) is 18.8 Å². The van der Waals surface area contributed by atoms with Gasteiger partial charge < -0.3 is 15.8 Å². The van der Waals surface area contributed by atoms with E-state index in [-0.39, 0.29) is 5.41 Å². The molecule has 5 heteroatoms. The van der Waals surface area contributed by atoms with Crippen molar-refractivity contribution in [1.29, 1.82) is 0 Å². The molecule has 0 aromatic carbocycles. The smallest absolute Gasteiger partial charge is 0.138 e. The third kappa shape index (κ3) is 4.06. The highest BCUT2D eigenvalue weighted by molar-refractivity contribution is 5.45. The number of ether oxygens (including phenoxy) is 1. The van der Waals surface area contributed by atoms with Crippen LogP contribution in [-0.4, -0.2) is 29.7 Å². The van der Waals surface area contributed by atoms with Gasteiger partial charge >= 0.3 is 0 Å². The summed E-state index contributed by atoms with van der Waals surface area (Å²) in [6, 6.07) is 1.79. The molecule has 0 bridgehead atoms. The van der Waals surface area contributed by atoms with Gasteiger partial charge in [-0.3, -0.25) is 0 Å². The Bertz CT molecular complexity index is 422. The first-order valence-corrected chi connectivity index (χ1v) is 6.92. The summed E-state index contributed by atoms with van der Waals surface area (Å²) in [4.78, 5) is 8.85. The molecule has 1 aliphatic heterocycles. The molecular formula is C14H24N4O. The van der Waals surface area contributed by atoms with Crippen LogP contribution in [0.2, 0.25) is 0 Å². The van der Waals surface area contributed by atoms with E-state index in [4.69, 9.17) is 10.5 Å². The summed E-state index contributed by atoms with van der Waals surface area (Å²) in [6.07, 6.45) is 2.35. The summed E-state index contributed by atoms with van der Waals surface area (Å²) in [6.45, 7) is 8.85. The van der Waals surface area contributed by atoms with E-state index in [1.165, 1.54) is 6.42 Å². The van der Waals surface area contributed by atoms with Gasteiger partial charge in [-0.2, -0.15) is 0 Å². The monoisotopic (exact) mass is 264 g/mol. The Morgan fingerprint density at radius 2 is 2.21 bits per heavy atom. The Morgan fingerprint density at radius 3 is 2.84 bits per heavy atom. The molecule has 2 heterocycles. The molecule has 1 atom stereocenters. The highest BCUT2D eigenvalue weighted by atomic mass is 16.5. The molecule has 1 aliphatic rings. The van der Waals surface area contributed by atoms with Crippen LogP contribution in [0.5, 0.6) is 0 Å². The van der Waals surface area contributed by atoms with E-state index in [0.29, 0.717) is 11.7 Å². The third-order valence-corrected chi connectivity index (χ3v) is 3.24. The van der Waals surface area contributed by atoms with Crippen molar-refractivity contribution >= 4 is 11.6 Å². The zero-order valence-corrected chi connectivity index (χ0v) is 12.1. The van der Waals surface area contributed by atoms with Gasteiger partial charge in [-0.15, -0.1) is 0 Å². The van der Waals surface area contributed by atoms with Crippen LogP contribution in [0.3, 0.4) is 0 Å². The topological polar surface area (TPSA) is 73.1 Å². The fraction of sp³-hybridized carbons (Fsp3) is 0.714. The molecule has 0 aliphatic carbocycles. The molecule has 1 aromatic rings. The van der Waals surface area contributed by atoms with Gasteiger partial charge in [0.1, 0.15) is 17.5 Å². The van der Waals surface area contributed by atoms with E-state index < -0.39 is 0 Å². The van der Waals surface area contributed by atoms with E-state index in [2.05, 4.69) is 36.1 Å². The van der Waals surface area contributed by atoms with E-state index in [1.807, 2.05) is 0 Å². The lowest BCUT2D eigenvalue weighted by Gasteiger charge is -2.23. The van der Waals surface area contributed by atoms with Crippen molar-refractivity contribution in [1.82, 2.24) is 9.97 Å². The van der Waals surface area contributed by atoms with Crippen LogP contribution >= 0.6 is 0 Å². The summed E-state index contributed by atoms with van der Waals surface area (Å²) in [5.74, 6) is 2.66. The van der Waals surface area contributed by atoms with Crippen molar-refractivity contribution in [3.8, 4) is 0 Å². The van der Waals surface area contributed by atoms with E-state index in [9.17, 15) is 0 Å². The zero-order valence-electron chi connectivity index (χ0n) is 12.1. The number of nitrogens with one attached hydrogen (secondary N) is 1. The molecule has 1 saturated heterocycles. The molecule has 0 amide bonds. The normalized spacial score (nSPS) is 20.3. The van der Waals surface area contributed by atoms with Gasteiger partial charge in [0.15, 0.2) is 0 Å². The second-order valence-electron chi connectivity index (χ2n) is 6.22. The second-order valence-corrected chi connectivity index (χ2v) is 6.22. The number of hydrogen-bond donors (Lipinski definition) is 2. The van der Waals surface area contributed by atoms with Crippen molar-refractivity contribution in [3.63, 3.8) is 0 Å². The molecule has 19 heavy (non-hydrogen) atoms. The molecule has 1 unspecified atom stereocenters. The molecular weight excluding hydrogens is 240 g/mol. The minimum Gasteiger partial charge on any atom is -0.384 e. The highest BCUT2D eigenvalue weighted by Crippen LogP contribution is 2.21. The average Bonchev–Trinajstić information content (AvgIpc) is 2.36. The molecule has 5 nitrogen and oxygen atoms in total. The molecule has 0 saturated carbocycles. The Kier molecular flexibility index (Phi) is 4.24. The first kappa shape index (κ1) is 14.1. The number of nitrogens with two attached hydrogens (primary N) is 1. The summed E-state index contributed by atoms with van der Waals surface area (Å²) in [7, 11) is 0. The highest BCUT2D eigenvalue weighted by Gasteiger charge is 2.19. The average molecular weight is 264 g/mol. The zero-order chi connectivity index (χ0) is 13.9. The fourth-order valence-electron chi connectivity index (χ4n) is 2.11. The van der Waals surface area contributed by atoms with Crippen LogP contribution < -0.4 is 11.1 Å². The Labute approximate surface area is 115 Å². The molecule has 2 rings (SSSR count). The van der Waals surface area contributed by atoms with E-state index in [0.717, 1.165) is 37.8 Å². The van der Waals surface area contributed by atoms with Gasteiger partial charge in [0.2, 0.25) is 0 Å².